The summed E-state index contributed by atoms with van der Waals surface area (Å²) in [6.45, 7) is 6.48. The molecule has 0 spiro atoms. The second-order valence-corrected chi connectivity index (χ2v) is 8.96. The zero-order valence-corrected chi connectivity index (χ0v) is 21.1. The number of anilines is 1. The molecule has 0 bridgehead atoms. The van der Waals surface area contributed by atoms with Gasteiger partial charge in [-0.05, 0) is 62.8 Å². The van der Waals surface area contributed by atoms with Crippen LogP contribution >= 0.6 is 28.1 Å². The summed E-state index contributed by atoms with van der Waals surface area (Å²) in [7, 11) is 0. The third-order valence-electron chi connectivity index (χ3n) is 4.51. The van der Waals surface area contributed by atoms with Crippen molar-refractivity contribution in [2.75, 3.05) is 11.9 Å². The van der Waals surface area contributed by atoms with E-state index in [1.54, 1.807) is 36.4 Å². The molecule has 0 fully saturated rings. The van der Waals surface area contributed by atoms with Crippen molar-refractivity contribution in [3.63, 3.8) is 0 Å². The van der Waals surface area contributed by atoms with E-state index in [-0.39, 0.29) is 17.1 Å². The molecular weight excluding hydrogens is 490 g/mol. The Kier molecular flexibility index (Phi) is 10.6. The highest BCUT2D eigenvalue weighted by atomic mass is 79.9. The molecule has 2 amide bonds. The Hall–Kier alpha value is -2.45. The zero-order valence-electron chi connectivity index (χ0n) is 18.7. The molecule has 6 nitrogen and oxygen atoms in total. The Morgan fingerprint density at radius 1 is 1.03 bits per heavy atom. The lowest BCUT2D eigenvalue weighted by Gasteiger charge is -2.16. The Morgan fingerprint density at radius 2 is 1.78 bits per heavy atom. The Balaban J connectivity index is 2.06. The van der Waals surface area contributed by atoms with Crippen LogP contribution in [0.1, 0.15) is 67.2 Å². The van der Waals surface area contributed by atoms with E-state index < -0.39 is 5.91 Å². The summed E-state index contributed by atoms with van der Waals surface area (Å²) < 4.78 is 6.61. The van der Waals surface area contributed by atoms with Crippen LogP contribution in [0.5, 0.6) is 5.75 Å². The molecule has 0 saturated carbocycles. The molecule has 172 valence electrons. The predicted molar refractivity (Wildman–Crippen MR) is 137 cm³/mol. The second-order valence-electron chi connectivity index (χ2n) is 7.63. The number of nitrogens with one attached hydrogen (secondary N) is 3. The highest BCUT2D eigenvalue weighted by Crippen LogP contribution is 2.24. The van der Waals surface area contributed by atoms with Gasteiger partial charge < -0.3 is 15.4 Å². The molecule has 0 atom stereocenters. The molecule has 3 N–H and O–H groups in total. The predicted octanol–water partition coefficient (Wildman–Crippen LogP) is 5.67. The van der Waals surface area contributed by atoms with Crippen LogP contribution in [0.15, 0.2) is 46.9 Å². The molecule has 0 aromatic heterocycles. The van der Waals surface area contributed by atoms with Gasteiger partial charge in [0.25, 0.3) is 11.8 Å². The van der Waals surface area contributed by atoms with E-state index in [0.717, 1.165) is 30.2 Å². The number of carbonyl (C=O) groups is 2. The first-order valence-electron chi connectivity index (χ1n) is 10.8. The molecule has 0 aliphatic rings. The summed E-state index contributed by atoms with van der Waals surface area (Å²) in [6.07, 6.45) is 4.33. The largest absolute Gasteiger partial charge is 0.493 e. The number of benzene rings is 2. The summed E-state index contributed by atoms with van der Waals surface area (Å²) in [5, 5.41) is 8.58. The first-order valence-corrected chi connectivity index (χ1v) is 12.0. The lowest BCUT2D eigenvalue weighted by Crippen LogP contribution is -2.36. The van der Waals surface area contributed by atoms with E-state index in [1.165, 1.54) is 0 Å². The quantitative estimate of drug-likeness (QED) is 0.278. The van der Waals surface area contributed by atoms with E-state index in [2.05, 4.69) is 38.8 Å². The summed E-state index contributed by atoms with van der Waals surface area (Å²) in [5.74, 6) is -0.110. The number of thiocarbonyl (C=S) groups is 1. The van der Waals surface area contributed by atoms with Gasteiger partial charge in [-0.3, -0.25) is 14.9 Å². The number of hydrogen-bond acceptors (Lipinski definition) is 4. The molecule has 0 radical (unpaired) electrons. The van der Waals surface area contributed by atoms with Crippen molar-refractivity contribution in [1.82, 2.24) is 10.6 Å². The van der Waals surface area contributed by atoms with Crippen molar-refractivity contribution < 1.29 is 14.3 Å². The lowest BCUT2D eigenvalue weighted by molar-refractivity contribution is 0.0942. The molecule has 8 heteroatoms. The second kappa shape index (κ2) is 13.2. The molecule has 2 aromatic carbocycles. The minimum atomic E-state index is -0.392. The SMILES string of the molecule is CCCCCCOc1ccc(Br)cc1C(=O)NC(=S)Nc1ccccc1C(=O)NC(C)C. The van der Waals surface area contributed by atoms with Crippen LogP contribution < -0.4 is 20.7 Å². The maximum Gasteiger partial charge on any atom is 0.261 e. The molecule has 0 aliphatic carbocycles. The maximum absolute atomic E-state index is 12.9. The van der Waals surface area contributed by atoms with E-state index in [0.29, 0.717) is 29.2 Å². The van der Waals surface area contributed by atoms with Crippen LogP contribution in [0.4, 0.5) is 5.69 Å². The molecule has 0 saturated heterocycles. The van der Waals surface area contributed by atoms with Crippen LogP contribution in [-0.4, -0.2) is 29.6 Å². The first-order chi connectivity index (χ1) is 15.3. The van der Waals surface area contributed by atoms with Crippen molar-refractivity contribution in [2.45, 2.75) is 52.5 Å². The fourth-order valence-corrected chi connectivity index (χ4v) is 3.53. The Labute approximate surface area is 203 Å². The standard InChI is InChI=1S/C24H30BrN3O3S/c1-4-5-6-9-14-31-21-13-12-17(25)15-19(21)23(30)28-24(32)27-20-11-8-7-10-18(20)22(29)26-16(2)3/h7-8,10-13,15-16H,4-6,9,14H2,1-3H3,(H,26,29)(H2,27,28,30,32). The lowest BCUT2D eigenvalue weighted by atomic mass is 10.1. The van der Waals surface area contributed by atoms with Crippen LogP contribution in [0, 0.1) is 0 Å². The molecule has 0 unspecified atom stereocenters. The Morgan fingerprint density at radius 3 is 2.50 bits per heavy atom. The summed E-state index contributed by atoms with van der Waals surface area (Å²) in [4.78, 5) is 25.3. The summed E-state index contributed by atoms with van der Waals surface area (Å²) in [6, 6.07) is 12.3. The van der Waals surface area contributed by atoms with Crippen LogP contribution in [0.3, 0.4) is 0 Å². The van der Waals surface area contributed by atoms with Gasteiger partial charge in [-0.15, -0.1) is 0 Å². The number of amides is 2. The van der Waals surface area contributed by atoms with Gasteiger partial charge in [0, 0.05) is 10.5 Å². The van der Waals surface area contributed by atoms with E-state index in [4.69, 9.17) is 17.0 Å². The number of unbranched alkanes of at least 4 members (excludes halogenated alkanes) is 3. The fraction of sp³-hybridized carbons (Fsp3) is 0.375. The summed E-state index contributed by atoms with van der Waals surface area (Å²) >= 11 is 8.73. The fourth-order valence-electron chi connectivity index (χ4n) is 2.97. The van der Waals surface area contributed by atoms with Gasteiger partial charge in [-0.1, -0.05) is 54.2 Å². The van der Waals surface area contributed by atoms with Gasteiger partial charge in [-0.2, -0.15) is 0 Å². The smallest absolute Gasteiger partial charge is 0.261 e. The van der Waals surface area contributed by atoms with E-state index >= 15 is 0 Å². The molecule has 2 rings (SSSR count). The van der Waals surface area contributed by atoms with Crippen LogP contribution in [0.25, 0.3) is 0 Å². The number of rotatable bonds is 10. The highest BCUT2D eigenvalue weighted by Gasteiger charge is 2.17. The zero-order chi connectivity index (χ0) is 23.5. The maximum atomic E-state index is 12.9. The van der Waals surface area contributed by atoms with Gasteiger partial charge >= 0.3 is 0 Å². The van der Waals surface area contributed by atoms with Crippen molar-refractivity contribution in [3.8, 4) is 5.75 Å². The van der Waals surface area contributed by atoms with Gasteiger partial charge in [0.15, 0.2) is 5.11 Å². The monoisotopic (exact) mass is 519 g/mol. The Bertz CT molecular complexity index is 950. The van der Waals surface area contributed by atoms with Gasteiger partial charge in [0.1, 0.15) is 5.75 Å². The van der Waals surface area contributed by atoms with Crippen LogP contribution in [-0.2, 0) is 0 Å². The van der Waals surface area contributed by atoms with Crippen molar-refractivity contribution in [2.24, 2.45) is 0 Å². The topological polar surface area (TPSA) is 79.5 Å². The average Bonchev–Trinajstić information content (AvgIpc) is 2.74. The molecule has 2 aromatic rings. The average molecular weight is 520 g/mol. The third-order valence-corrected chi connectivity index (χ3v) is 5.21. The van der Waals surface area contributed by atoms with Gasteiger partial charge in [0.05, 0.1) is 23.4 Å². The highest BCUT2D eigenvalue weighted by molar-refractivity contribution is 9.10. The number of carbonyl (C=O) groups excluding carboxylic acids is 2. The van der Waals surface area contributed by atoms with Crippen molar-refractivity contribution >= 4 is 50.8 Å². The number of ether oxygens (including phenoxy) is 1. The molecular formula is C24H30BrN3O3S. The number of para-hydroxylation sites is 1. The molecule has 32 heavy (non-hydrogen) atoms. The summed E-state index contributed by atoms with van der Waals surface area (Å²) in [5.41, 5.74) is 1.33. The minimum Gasteiger partial charge on any atom is -0.493 e. The normalized spacial score (nSPS) is 10.5. The number of hydrogen-bond donors (Lipinski definition) is 3. The molecule has 0 heterocycles. The van der Waals surface area contributed by atoms with E-state index in [9.17, 15) is 9.59 Å². The van der Waals surface area contributed by atoms with Crippen molar-refractivity contribution in [1.29, 1.82) is 0 Å². The number of halogens is 1. The van der Waals surface area contributed by atoms with Crippen molar-refractivity contribution in [3.05, 3.63) is 58.1 Å². The molecule has 0 aliphatic heterocycles. The third kappa shape index (κ3) is 8.24. The minimum absolute atomic E-state index is 0.000804. The van der Waals surface area contributed by atoms with Crippen LogP contribution in [0.2, 0.25) is 0 Å². The van der Waals surface area contributed by atoms with Gasteiger partial charge in [-0.25, -0.2) is 0 Å². The first kappa shape index (κ1) is 25.8. The van der Waals surface area contributed by atoms with Gasteiger partial charge in [0.2, 0.25) is 0 Å². The van der Waals surface area contributed by atoms with E-state index in [1.807, 2.05) is 19.9 Å².